The van der Waals surface area contributed by atoms with Gasteiger partial charge in [0, 0.05) is 62.2 Å². The largest absolute Gasteiger partial charge is 0.483 e. The van der Waals surface area contributed by atoms with E-state index in [9.17, 15) is 8.42 Å². The fourth-order valence-electron chi connectivity index (χ4n) is 4.45. The summed E-state index contributed by atoms with van der Waals surface area (Å²) in [6, 6.07) is 15.2. The summed E-state index contributed by atoms with van der Waals surface area (Å²) in [7, 11) is -3.66. The van der Waals surface area contributed by atoms with Crippen molar-refractivity contribution < 1.29 is 18.3 Å². The highest BCUT2D eigenvalue weighted by Gasteiger charge is 2.23. The van der Waals surface area contributed by atoms with Crippen LogP contribution in [-0.4, -0.2) is 63.2 Å². The first-order chi connectivity index (χ1) is 15.6. The normalized spacial score (nSPS) is 16.6. The van der Waals surface area contributed by atoms with Gasteiger partial charge in [0.05, 0.1) is 10.4 Å². The maximum atomic E-state index is 13.5. The zero-order valence-electron chi connectivity index (χ0n) is 17.9. The summed E-state index contributed by atoms with van der Waals surface area (Å²) in [5, 5.41) is 11.2. The summed E-state index contributed by atoms with van der Waals surface area (Å²) in [6.07, 6.45) is 4.01. The monoisotopic (exact) mass is 456 g/mol. The number of rotatable bonds is 4. The van der Waals surface area contributed by atoms with Gasteiger partial charge in [0.2, 0.25) is 0 Å². The molecule has 2 aliphatic heterocycles. The molecule has 2 aromatic carbocycles. The summed E-state index contributed by atoms with van der Waals surface area (Å²) in [6.45, 7) is 5.47. The summed E-state index contributed by atoms with van der Waals surface area (Å²) in [5.41, 5.74) is 2.82. The van der Waals surface area contributed by atoms with Crippen molar-refractivity contribution in [3.63, 3.8) is 0 Å². The van der Waals surface area contributed by atoms with Crippen molar-refractivity contribution in [1.29, 1.82) is 0 Å². The molecule has 0 saturated carbocycles. The minimum absolute atomic E-state index is 0.250. The predicted molar refractivity (Wildman–Crippen MR) is 126 cm³/mol. The predicted octanol–water partition coefficient (Wildman–Crippen LogP) is 2.59. The maximum Gasteiger partial charge on any atom is 0.290 e. The Kier molecular flexibility index (Phi) is 6.66. The summed E-state index contributed by atoms with van der Waals surface area (Å²) < 4.78 is 28.4. The fraction of sp³-hybridized carbons (Fsp3) is 0.348. The van der Waals surface area contributed by atoms with Crippen LogP contribution in [0.3, 0.4) is 0 Å². The third kappa shape index (κ3) is 4.31. The molecule has 3 aromatic rings. The van der Waals surface area contributed by atoms with E-state index >= 15 is 0 Å². The molecule has 3 heterocycles. The zero-order chi connectivity index (χ0) is 22.6. The molecular formula is C23H28N4O4S. The van der Waals surface area contributed by atoms with Crippen molar-refractivity contribution in [3.8, 4) is 0 Å². The molecule has 2 N–H and O–H groups in total. The smallest absolute Gasteiger partial charge is 0.290 e. The Hall–Kier alpha value is -3.04. The zero-order valence-corrected chi connectivity index (χ0v) is 18.7. The van der Waals surface area contributed by atoms with E-state index in [1.807, 2.05) is 36.4 Å². The van der Waals surface area contributed by atoms with Crippen LogP contribution in [0.15, 0.2) is 59.6 Å². The van der Waals surface area contributed by atoms with Gasteiger partial charge in [-0.1, -0.05) is 12.1 Å². The third-order valence-corrected chi connectivity index (χ3v) is 7.66. The molecule has 0 bridgehead atoms. The van der Waals surface area contributed by atoms with Crippen LogP contribution in [0.25, 0.3) is 10.9 Å². The number of carbonyl (C=O) groups is 1. The first-order valence-corrected chi connectivity index (χ1v) is 12.2. The summed E-state index contributed by atoms with van der Waals surface area (Å²) in [4.78, 5) is 13.3. The molecule has 32 heavy (non-hydrogen) atoms. The first kappa shape index (κ1) is 22.2. The van der Waals surface area contributed by atoms with E-state index in [0.29, 0.717) is 4.90 Å². The van der Waals surface area contributed by atoms with E-state index in [1.165, 1.54) is 3.97 Å². The molecule has 0 aliphatic carbocycles. The van der Waals surface area contributed by atoms with Gasteiger partial charge in [0.25, 0.3) is 16.5 Å². The molecule has 170 valence electrons. The molecule has 2 fully saturated rings. The van der Waals surface area contributed by atoms with Crippen molar-refractivity contribution in [1.82, 2.24) is 9.29 Å². The molecule has 5 rings (SSSR count). The van der Waals surface area contributed by atoms with Gasteiger partial charge < -0.3 is 20.2 Å². The highest BCUT2D eigenvalue weighted by Crippen LogP contribution is 2.31. The Balaban J connectivity index is 0.000000775. The second-order valence-corrected chi connectivity index (χ2v) is 9.68. The number of piperazine rings is 1. The minimum atomic E-state index is -3.66. The molecule has 2 saturated heterocycles. The molecule has 0 atom stereocenters. The van der Waals surface area contributed by atoms with Crippen molar-refractivity contribution in [2.75, 3.05) is 49.1 Å². The lowest BCUT2D eigenvalue weighted by Gasteiger charge is -2.30. The van der Waals surface area contributed by atoms with E-state index in [4.69, 9.17) is 9.90 Å². The van der Waals surface area contributed by atoms with Crippen LogP contribution in [0.2, 0.25) is 0 Å². The van der Waals surface area contributed by atoms with E-state index < -0.39 is 10.0 Å². The second kappa shape index (κ2) is 9.62. The maximum absolute atomic E-state index is 13.5. The average molecular weight is 457 g/mol. The SMILES string of the molecule is O=CO.O=S(=O)(c1cccc(N2CCCC2)c1)n1ccc2c(N3CCNCC3)cccc21. The molecule has 0 amide bonds. The quantitative estimate of drug-likeness (QED) is 0.583. The topological polar surface area (TPSA) is 94.9 Å². The van der Waals surface area contributed by atoms with Crippen molar-refractivity contribution in [3.05, 3.63) is 54.7 Å². The summed E-state index contributed by atoms with van der Waals surface area (Å²) >= 11 is 0. The number of anilines is 2. The van der Waals surface area contributed by atoms with Crippen LogP contribution in [0.5, 0.6) is 0 Å². The molecule has 0 unspecified atom stereocenters. The lowest BCUT2D eigenvalue weighted by molar-refractivity contribution is -0.122. The number of aromatic nitrogens is 1. The molecular weight excluding hydrogens is 428 g/mol. The number of benzene rings is 2. The van der Waals surface area contributed by atoms with Gasteiger partial charge in [-0.25, -0.2) is 12.4 Å². The first-order valence-electron chi connectivity index (χ1n) is 10.8. The number of hydrogen-bond donors (Lipinski definition) is 2. The number of hydrogen-bond acceptors (Lipinski definition) is 6. The molecule has 2 aliphatic rings. The van der Waals surface area contributed by atoms with Gasteiger partial charge in [-0.15, -0.1) is 0 Å². The highest BCUT2D eigenvalue weighted by molar-refractivity contribution is 7.90. The van der Waals surface area contributed by atoms with Crippen LogP contribution in [0, 0.1) is 0 Å². The van der Waals surface area contributed by atoms with Crippen molar-refractivity contribution in [2.24, 2.45) is 0 Å². The van der Waals surface area contributed by atoms with Gasteiger partial charge in [0.1, 0.15) is 0 Å². The lowest BCUT2D eigenvalue weighted by Crippen LogP contribution is -2.43. The molecule has 0 spiro atoms. The van der Waals surface area contributed by atoms with Gasteiger partial charge in [-0.2, -0.15) is 0 Å². The van der Waals surface area contributed by atoms with Crippen LogP contribution >= 0.6 is 0 Å². The second-order valence-electron chi connectivity index (χ2n) is 7.86. The van der Waals surface area contributed by atoms with E-state index in [1.54, 1.807) is 12.3 Å². The summed E-state index contributed by atoms with van der Waals surface area (Å²) in [5.74, 6) is 0. The lowest BCUT2D eigenvalue weighted by atomic mass is 10.2. The number of fused-ring (bicyclic) bond motifs is 1. The average Bonchev–Trinajstić information content (AvgIpc) is 3.51. The van der Waals surface area contributed by atoms with Crippen molar-refractivity contribution >= 4 is 38.8 Å². The van der Waals surface area contributed by atoms with E-state index in [0.717, 1.165) is 74.4 Å². The van der Waals surface area contributed by atoms with Crippen LogP contribution < -0.4 is 15.1 Å². The van der Waals surface area contributed by atoms with E-state index in [-0.39, 0.29) is 6.47 Å². The Morgan fingerprint density at radius 3 is 2.31 bits per heavy atom. The van der Waals surface area contributed by atoms with Gasteiger partial charge in [0.15, 0.2) is 0 Å². The third-order valence-electron chi connectivity index (χ3n) is 5.98. The van der Waals surface area contributed by atoms with Crippen LogP contribution in [-0.2, 0) is 14.8 Å². The standard InChI is InChI=1S/C22H26N4O2S.CH2O2/c27-29(28,19-6-3-5-18(17-19)24-12-1-2-13-24)26-14-9-20-21(7-4-8-22(20)26)25-15-10-23-11-16-25;2-1-3/h3-9,14,17,23H,1-2,10-13,15-16H2;1H,(H,2,3). The van der Waals surface area contributed by atoms with Gasteiger partial charge >= 0.3 is 0 Å². The number of carboxylic acid groups (broad SMARTS) is 1. The minimum Gasteiger partial charge on any atom is -0.483 e. The highest BCUT2D eigenvalue weighted by atomic mass is 32.2. The van der Waals surface area contributed by atoms with Crippen LogP contribution in [0.1, 0.15) is 12.8 Å². The van der Waals surface area contributed by atoms with Gasteiger partial charge in [-0.05, 0) is 49.2 Å². The Morgan fingerprint density at radius 1 is 0.906 bits per heavy atom. The fourth-order valence-corrected chi connectivity index (χ4v) is 5.83. The Bertz CT molecular complexity index is 1180. The van der Waals surface area contributed by atoms with Crippen LogP contribution in [0.4, 0.5) is 11.4 Å². The Labute approximate surface area is 188 Å². The molecule has 0 radical (unpaired) electrons. The van der Waals surface area contributed by atoms with Crippen molar-refractivity contribution in [2.45, 2.75) is 17.7 Å². The molecule has 8 nitrogen and oxygen atoms in total. The molecule has 9 heteroatoms. The molecule has 1 aromatic heterocycles. The number of nitrogens with one attached hydrogen (secondary N) is 1. The number of nitrogens with zero attached hydrogens (tertiary/aromatic N) is 3. The Morgan fingerprint density at radius 2 is 1.59 bits per heavy atom. The van der Waals surface area contributed by atoms with Gasteiger partial charge in [-0.3, -0.25) is 4.79 Å². The van der Waals surface area contributed by atoms with E-state index in [2.05, 4.69) is 21.2 Å².